The first-order chi connectivity index (χ1) is 8.41. The van der Waals surface area contributed by atoms with Crippen LogP contribution < -0.4 is 5.32 Å². The summed E-state index contributed by atoms with van der Waals surface area (Å²) in [5.41, 5.74) is 0.0544. The lowest BCUT2D eigenvalue weighted by molar-refractivity contribution is -0.121. The molecule has 0 unspecified atom stereocenters. The summed E-state index contributed by atoms with van der Waals surface area (Å²) in [6, 6.07) is 2.06. The van der Waals surface area contributed by atoms with Gasteiger partial charge in [0.2, 0.25) is 5.91 Å². The first-order valence-corrected chi connectivity index (χ1v) is 5.81. The van der Waals surface area contributed by atoms with Gasteiger partial charge in [-0.25, -0.2) is 13.2 Å². The van der Waals surface area contributed by atoms with Gasteiger partial charge in [-0.2, -0.15) is 0 Å². The average molecular weight is 259 g/mol. The van der Waals surface area contributed by atoms with Crippen molar-refractivity contribution in [2.24, 2.45) is 5.92 Å². The summed E-state index contributed by atoms with van der Waals surface area (Å²) in [7, 11) is 0. The third kappa shape index (κ3) is 4.05. The SMILES string of the molecule is CC(C)CC(=O)NCCc1ccc(F)c(F)c1F. The van der Waals surface area contributed by atoms with E-state index in [0.717, 1.165) is 6.07 Å². The first-order valence-electron chi connectivity index (χ1n) is 5.81. The van der Waals surface area contributed by atoms with Gasteiger partial charge in [-0.15, -0.1) is 0 Å². The zero-order chi connectivity index (χ0) is 13.7. The van der Waals surface area contributed by atoms with Crippen molar-refractivity contribution in [3.63, 3.8) is 0 Å². The normalized spacial score (nSPS) is 10.8. The van der Waals surface area contributed by atoms with Crippen LogP contribution in [0.15, 0.2) is 12.1 Å². The number of nitrogens with one attached hydrogen (secondary N) is 1. The molecule has 1 amide bonds. The van der Waals surface area contributed by atoms with Crippen LogP contribution in [0.3, 0.4) is 0 Å². The standard InChI is InChI=1S/C13H16F3NO/c1-8(2)7-11(18)17-6-5-9-3-4-10(14)13(16)12(9)15/h3-4,8H,5-7H2,1-2H3,(H,17,18). The van der Waals surface area contributed by atoms with Crippen LogP contribution >= 0.6 is 0 Å². The van der Waals surface area contributed by atoms with Gasteiger partial charge in [0.25, 0.3) is 0 Å². The number of rotatable bonds is 5. The molecule has 0 aromatic heterocycles. The van der Waals surface area contributed by atoms with Crippen molar-refractivity contribution in [3.8, 4) is 0 Å². The number of amides is 1. The van der Waals surface area contributed by atoms with E-state index in [2.05, 4.69) is 5.32 Å². The predicted molar refractivity (Wildman–Crippen MR) is 62.5 cm³/mol. The summed E-state index contributed by atoms with van der Waals surface area (Å²) in [5.74, 6) is -3.76. The predicted octanol–water partition coefficient (Wildman–Crippen LogP) is 2.81. The fraction of sp³-hybridized carbons (Fsp3) is 0.462. The molecule has 0 atom stereocenters. The molecule has 0 radical (unpaired) electrons. The fourth-order valence-corrected chi connectivity index (χ4v) is 1.54. The van der Waals surface area contributed by atoms with Crippen LogP contribution in [0.5, 0.6) is 0 Å². The Balaban J connectivity index is 2.50. The monoisotopic (exact) mass is 259 g/mol. The molecular weight excluding hydrogens is 243 g/mol. The summed E-state index contributed by atoms with van der Waals surface area (Å²) in [4.78, 5) is 11.3. The van der Waals surface area contributed by atoms with Crippen molar-refractivity contribution in [3.05, 3.63) is 35.1 Å². The summed E-state index contributed by atoms with van der Waals surface area (Å²) in [5, 5.41) is 2.60. The Morgan fingerprint density at radius 3 is 2.50 bits per heavy atom. The Morgan fingerprint density at radius 1 is 1.22 bits per heavy atom. The second-order valence-electron chi connectivity index (χ2n) is 4.53. The lowest BCUT2D eigenvalue weighted by atomic mass is 10.1. The van der Waals surface area contributed by atoms with E-state index in [-0.39, 0.29) is 30.4 Å². The van der Waals surface area contributed by atoms with Gasteiger partial charge in [-0.1, -0.05) is 19.9 Å². The molecule has 0 spiro atoms. The molecule has 5 heteroatoms. The lowest BCUT2D eigenvalue weighted by Gasteiger charge is -2.08. The molecule has 0 aliphatic rings. The van der Waals surface area contributed by atoms with Crippen LogP contribution in [0.25, 0.3) is 0 Å². The van der Waals surface area contributed by atoms with Crippen molar-refractivity contribution >= 4 is 5.91 Å². The number of hydrogen-bond donors (Lipinski definition) is 1. The van der Waals surface area contributed by atoms with Gasteiger partial charge in [0.05, 0.1) is 0 Å². The maximum Gasteiger partial charge on any atom is 0.220 e. The van der Waals surface area contributed by atoms with Crippen LogP contribution in [-0.4, -0.2) is 12.5 Å². The van der Waals surface area contributed by atoms with E-state index >= 15 is 0 Å². The molecule has 18 heavy (non-hydrogen) atoms. The maximum absolute atomic E-state index is 13.3. The van der Waals surface area contributed by atoms with Crippen LogP contribution in [0, 0.1) is 23.4 Å². The third-order valence-electron chi connectivity index (χ3n) is 2.43. The molecule has 1 rings (SSSR count). The Labute approximate surface area is 104 Å². The molecule has 2 nitrogen and oxygen atoms in total. The van der Waals surface area contributed by atoms with Gasteiger partial charge in [0.15, 0.2) is 17.5 Å². The largest absolute Gasteiger partial charge is 0.356 e. The topological polar surface area (TPSA) is 29.1 Å². The Bertz CT molecular complexity index is 432. The maximum atomic E-state index is 13.3. The molecule has 1 aromatic carbocycles. The molecule has 0 bridgehead atoms. The molecule has 0 fully saturated rings. The van der Waals surface area contributed by atoms with E-state index in [1.165, 1.54) is 6.07 Å². The second-order valence-corrected chi connectivity index (χ2v) is 4.53. The number of carbonyl (C=O) groups excluding carboxylic acids is 1. The van der Waals surface area contributed by atoms with Gasteiger partial charge in [-0.05, 0) is 24.0 Å². The van der Waals surface area contributed by atoms with Crippen LogP contribution in [0.1, 0.15) is 25.8 Å². The van der Waals surface area contributed by atoms with Gasteiger partial charge in [0.1, 0.15) is 0 Å². The van der Waals surface area contributed by atoms with Crippen LogP contribution in [0.4, 0.5) is 13.2 Å². The van der Waals surface area contributed by atoms with Crippen molar-refractivity contribution in [1.29, 1.82) is 0 Å². The minimum Gasteiger partial charge on any atom is -0.356 e. The van der Waals surface area contributed by atoms with E-state index < -0.39 is 17.5 Å². The Morgan fingerprint density at radius 2 is 1.89 bits per heavy atom. The van der Waals surface area contributed by atoms with E-state index in [0.29, 0.717) is 6.42 Å². The van der Waals surface area contributed by atoms with Crippen molar-refractivity contribution in [2.75, 3.05) is 6.54 Å². The minimum atomic E-state index is -1.47. The highest BCUT2D eigenvalue weighted by molar-refractivity contribution is 5.76. The summed E-state index contributed by atoms with van der Waals surface area (Å²) in [6.07, 6.45) is 0.521. The van der Waals surface area contributed by atoms with E-state index in [9.17, 15) is 18.0 Å². The molecular formula is C13H16F3NO. The van der Waals surface area contributed by atoms with Crippen LogP contribution in [-0.2, 0) is 11.2 Å². The van der Waals surface area contributed by atoms with Gasteiger partial charge in [0, 0.05) is 13.0 Å². The molecule has 1 aromatic rings. The van der Waals surface area contributed by atoms with E-state index in [4.69, 9.17) is 0 Å². The summed E-state index contributed by atoms with van der Waals surface area (Å²) in [6.45, 7) is 4.02. The second kappa shape index (κ2) is 6.42. The molecule has 0 saturated heterocycles. The molecule has 1 N–H and O–H groups in total. The fourth-order valence-electron chi connectivity index (χ4n) is 1.54. The van der Waals surface area contributed by atoms with Crippen molar-refractivity contribution in [2.45, 2.75) is 26.7 Å². The number of benzene rings is 1. The quantitative estimate of drug-likeness (QED) is 0.809. The molecule has 0 aliphatic heterocycles. The first kappa shape index (κ1) is 14.5. The lowest BCUT2D eigenvalue weighted by Crippen LogP contribution is -2.26. The van der Waals surface area contributed by atoms with E-state index in [1.807, 2.05) is 13.8 Å². The van der Waals surface area contributed by atoms with Crippen molar-refractivity contribution < 1.29 is 18.0 Å². The molecule has 100 valence electrons. The zero-order valence-electron chi connectivity index (χ0n) is 10.4. The van der Waals surface area contributed by atoms with Crippen molar-refractivity contribution in [1.82, 2.24) is 5.32 Å². The average Bonchev–Trinajstić information content (AvgIpc) is 2.28. The van der Waals surface area contributed by atoms with Gasteiger partial charge < -0.3 is 5.32 Å². The molecule has 0 heterocycles. The summed E-state index contributed by atoms with van der Waals surface area (Å²) >= 11 is 0. The van der Waals surface area contributed by atoms with E-state index in [1.54, 1.807) is 0 Å². The van der Waals surface area contributed by atoms with Gasteiger partial charge >= 0.3 is 0 Å². The smallest absolute Gasteiger partial charge is 0.220 e. The Kier molecular flexibility index (Phi) is 5.19. The number of halogens is 3. The number of hydrogen-bond acceptors (Lipinski definition) is 1. The number of carbonyl (C=O) groups is 1. The highest BCUT2D eigenvalue weighted by Crippen LogP contribution is 2.15. The zero-order valence-corrected chi connectivity index (χ0v) is 10.4. The summed E-state index contributed by atoms with van der Waals surface area (Å²) < 4.78 is 38.8. The Hall–Kier alpha value is -1.52. The van der Waals surface area contributed by atoms with Crippen LogP contribution in [0.2, 0.25) is 0 Å². The highest BCUT2D eigenvalue weighted by atomic mass is 19.2. The molecule has 0 aliphatic carbocycles. The molecule has 0 saturated carbocycles. The highest BCUT2D eigenvalue weighted by Gasteiger charge is 2.13. The third-order valence-corrected chi connectivity index (χ3v) is 2.43. The van der Waals surface area contributed by atoms with Gasteiger partial charge in [-0.3, -0.25) is 4.79 Å². The minimum absolute atomic E-state index is 0.0544.